The van der Waals surface area contributed by atoms with E-state index in [4.69, 9.17) is 4.55 Å². The van der Waals surface area contributed by atoms with Crippen molar-refractivity contribution in [3.63, 3.8) is 0 Å². The van der Waals surface area contributed by atoms with Crippen molar-refractivity contribution in [3.8, 4) is 5.75 Å². The maximum absolute atomic E-state index is 12.8. The number of halogens is 1. The first-order chi connectivity index (χ1) is 7.84. The molecule has 94 valence electrons. The lowest BCUT2D eigenvalue weighted by atomic mass is 10.3. The predicted molar refractivity (Wildman–Crippen MR) is 53.9 cm³/mol. The molecule has 0 amide bonds. The average Bonchev–Trinajstić information content (AvgIpc) is 2.19. The van der Waals surface area contributed by atoms with Gasteiger partial charge in [0.05, 0.1) is 6.61 Å². The van der Waals surface area contributed by atoms with Crippen LogP contribution in [0.5, 0.6) is 5.75 Å². The molecule has 1 N–H and O–H groups in total. The zero-order valence-electron chi connectivity index (χ0n) is 8.71. The molecular formula is C9H9FO6S. The summed E-state index contributed by atoms with van der Waals surface area (Å²) in [7, 11) is -4.69. The fourth-order valence-electron chi connectivity index (χ4n) is 1.00. The van der Waals surface area contributed by atoms with Gasteiger partial charge in [-0.15, -0.1) is 0 Å². The number of carbonyl (C=O) groups is 1. The Labute approximate surface area is 96.7 Å². The highest BCUT2D eigenvalue weighted by molar-refractivity contribution is 7.86. The maximum Gasteiger partial charge on any atom is 0.513 e. The summed E-state index contributed by atoms with van der Waals surface area (Å²) < 4.78 is 52.3. The monoisotopic (exact) mass is 264 g/mol. The first-order valence-corrected chi connectivity index (χ1v) is 5.90. The molecule has 0 aromatic heterocycles. The molecule has 0 unspecified atom stereocenters. The van der Waals surface area contributed by atoms with Crippen molar-refractivity contribution < 1.29 is 31.6 Å². The number of hydrogen-bond acceptors (Lipinski definition) is 5. The third-order valence-corrected chi connectivity index (χ3v) is 2.51. The van der Waals surface area contributed by atoms with Gasteiger partial charge in [0.1, 0.15) is 10.7 Å². The van der Waals surface area contributed by atoms with Crippen LogP contribution in [0.15, 0.2) is 23.1 Å². The molecule has 6 nitrogen and oxygen atoms in total. The minimum Gasteiger partial charge on any atom is -0.434 e. The Morgan fingerprint density at radius 1 is 1.47 bits per heavy atom. The van der Waals surface area contributed by atoms with E-state index in [9.17, 15) is 17.6 Å². The Balaban J connectivity index is 3.12. The minimum absolute atomic E-state index is 0.0290. The van der Waals surface area contributed by atoms with Gasteiger partial charge in [0, 0.05) is 0 Å². The number of ether oxygens (including phenoxy) is 2. The molecule has 17 heavy (non-hydrogen) atoms. The normalized spacial score (nSPS) is 11.0. The van der Waals surface area contributed by atoms with E-state index in [0.717, 1.165) is 12.1 Å². The number of benzene rings is 1. The van der Waals surface area contributed by atoms with E-state index in [1.807, 2.05) is 0 Å². The third kappa shape index (κ3) is 3.68. The van der Waals surface area contributed by atoms with Gasteiger partial charge in [0.2, 0.25) is 0 Å². The summed E-state index contributed by atoms with van der Waals surface area (Å²) in [6.45, 7) is 1.55. The molecule has 0 heterocycles. The molecule has 8 heteroatoms. The summed E-state index contributed by atoms with van der Waals surface area (Å²) in [6.07, 6.45) is -1.15. The third-order valence-electron chi connectivity index (χ3n) is 1.64. The van der Waals surface area contributed by atoms with Crippen LogP contribution in [-0.2, 0) is 14.9 Å². The molecular weight excluding hydrogens is 255 g/mol. The highest BCUT2D eigenvalue weighted by atomic mass is 32.2. The van der Waals surface area contributed by atoms with Crippen LogP contribution in [0.2, 0.25) is 0 Å². The van der Waals surface area contributed by atoms with Gasteiger partial charge in [-0.1, -0.05) is 0 Å². The summed E-state index contributed by atoms with van der Waals surface area (Å²) in [5, 5.41) is 0. The van der Waals surface area contributed by atoms with Gasteiger partial charge in [0.25, 0.3) is 10.1 Å². The van der Waals surface area contributed by atoms with E-state index in [2.05, 4.69) is 9.47 Å². The van der Waals surface area contributed by atoms with E-state index < -0.39 is 32.7 Å². The molecule has 0 bridgehead atoms. The predicted octanol–water partition coefficient (Wildman–Crippen LogP) is 1.61. The maximum atomic E-state index is 12.8. The molecule has 0 aliphatic carbocycles. The lowest BCUT2D eigenvalue weighted by Gasteiger charge is -2.07. The van der Waals surface area contributed by atoms with Crippen molar-refractivity contribution in [1.29, 1.82) is 0 Å². The van der Waals surface area contributed by atoms with Crippen molar-refractivity contribution in [2.75, 3.05) is 6.61 Å². The Morgan fingerprint density at radius 2 is 2.12 bits per heavy atom. The van der Waals surface area contributed by atoms with Crippen LogP contribution in [0.4, 0.5) is 9.18 Å². The molecule has 0 saturated carbocycles. The van der Waals surface area contributed by atoms with Gasteiger partial charge in [-0.3, -0.25) is 4.55 Å². The van der Waals surface area contributed by atoms with Gasteiger partial charge in [0.15, 0.2) is 5.75 Å². The van der Waals surface area contributed by atoms with Crippen LogP contribution >= 0.6 is 0 Å². The minimum atomic E-state index is -4.69. The van der Waals surface area contributed by atoms with E-state index in [-0.39, 0.29) is 6.61 Å². The van der Waals surface area contributed by atoms with E-state index in [0.29, 0.717) is 6.07 Å². The highest BCUT2D eigenvalue weighted by Gasteiger charge is 2.20. The molecule has 0 spiro atoms. The molecule has 0 aliphatic heterocycles. The molecule has 1 aromatic rings. The zero-order valence-corrected chi connectivity index (χ0v) is 9.53. The topological polar surface area (TPSA) is 89.9 Å². The number of rotatable bonds is 3. The Kier molecular flexibility index (Phi) is 4.02. The first kappa shape index (κ1) is 13.4. The molecule has 0 fully saturated rings. The first-order valence-electron chi connectivity index (χ1n) is 4.46. The summed E-state index contributed by atoms with van der Waals surface area (Å²) in [4.78, 5) is 10.1. The highest BCUT2D eigenvalue weighted by Crippen LogP contribution is 2.24. The van der Waals surface area contributed by atoms with Crippen LogP contribution in [0, 0.1) is 5.82 Å². The molecule has 0 atom stereocenters. The van der Waals surface area contributed by atoms with Gasteiger partial charge >= 0.3 is 6.16 Å². The fraction of sp³-hybridized carbons (Fsp3) is 0.222. The molecule has 1 aromatic carbocycles. The van der Waals surface area contributed by atoms with Crippen molar-refractivity contribution in [2.45, 2.75) is 11.8 Å². The second kappa shape index (κ2) is 5.11. The Bertz CT molecular complexity index is 524. The zero-order chi connectivity index (χ0) is 13.1. The van der Waals surface area contributed by atoms with Crippen LogP contribution in [0.3, 0.4) is 0 Å². The molecule has 0 saturated heterocycles. The summed E-state index contributed by atoms with van der Waals surface area (Å²) in [6, 6.07) is 2.31. The molecule has 0 aliphatic rings. The second-order valence-corrected chi connectivity index (χ2v) is 4.24. The lowest BCUT2D eigenvalue weighted by molar-refractivity contribution is 0.103. The van der Waals surface area contributed by atoms with Crippen molar-refractivity contribution >= 4 is 16.3 Å². The standard InChI is InChI=1S/C9H9FO6S/c1-2-15-9(11)16-7-4-3-6(10)5-8(7)17(12,13)14/h3-5H,2H2,1H3,(H,12,13,14). The number of carbonyl (C=O) groups excluding carboxylic acids is 1. The van der Waals surface area contributed by atoms with Gasteiger partial charge in [-0.25, -0.2) is 9.18 Å². The summed E-state index contributed by atoms with van der Waals surface area (Å²) in [5.74, 6) is -1.40. The van der Waals surface area contributed by atoms with Gasteiger partial charge in [-0.2, -0.15) is 8.42 Å². The van der Waals surface area contributed by atoms with Crippen LogP contribution in [0.1, 0.15) is 6.92 Å². The number of hydrogen-bond donors (Lipinski definition) is 1. The van der Waals surface area contributed by atoms with Crippen molar-refractivity contribution in [3.05, 3.63) is 24.0 Å². The van der Waals surface area contributed by atoms with Crippen molar-refractivity contribution in [1.82, 2.24) is 0 Å². The Hall–Kier alpha value is -1.67. The SMILES string of the molecule is CCOC(=O)Oc1ccc(F)cc1S(=O)(=O)O. The van der Waals surface area contributed by atoms with Gasteiger partial charge in [-0.05, 0) is 25.1 Å². The quantitative estimate of drug-likeness (QED) is 0.506. The smallest absolute Gasteiger partial charge is 0.434 e. The second-order valence-electron chi connectivity index (χ2n) is 2.85. The molecule has 1 rings (SSSR count). The summed E-state index contributed by atoms with van der Waals surface area (Å²) in [5.41, 5.74) is 0. The van der Waals surface area contributed by atoms with Crippen LogP contribution in [0.25, 0.3) is 0 Å². The van der Waals surface area contributed by atoms with E-state index >= 15 is 0 Å². The van der Waals surface area contributed by atoms with Crippen LogP contribution < -0.4 is 4.74 Å². The van der Waals surface area contributed by atoms with Gasteiger partial charge < -0.3 is 9.47 Å². The summed E-state index contributed by atoms with van der Waals surface area (Å²) >= 11 is 0. The van der Waals surface area contributed by atoms with Crippen LogP contribution in [-0.4, -0.2) is 25.7 Å². The largest absolute Gasteiger partial charge is 0.513 e. The molecule has 0 radical (unpaired) electrons. The van der Waals surface area contributed by atoms with Crippen molar-refractivity contribution in [2.24, 2.45) is 0 Å². The lowest BCUT2D eigenvalue weighted by Crippen LogP contribution is -2.12. The fourth-order valence-corrected chi connectivity index (χ4v) is 1.63. The van der Waals surface area contributed by atoms with E-state index in [1.54, 1.807) is 0 Å². The van der Waals surface area contributed by atoms with E-state index in [1.165, 1.54) is 6.92 Å². The average molecular weight is 264 g/mol. The Morgan fingerprint density at radius 3 is 2.65 bits per heavy atom.